The monoisotopic (exact) mass is 278 g/mol. The number of hydrogen-bond acceptors (Lipinski definition) is 6. The Hall–Kier alpha value is -2.70. The SMILES string of the molecule is CCOC(=O)C(=NNc1ccc(C(=O)O)cc1)C(C)=O. The summed E-state index contributed by atoms with van der Waals surface area (Å²) in [6, 6.07) is 5.68. The molecule has 0 spiro atoms. The van der Waals surface area contributed by atoms with Crippen molar-refractivity contribution in [3.05, 3.63) is 29.8 Å². The Balaban J connectivity index is 2.84. The molecule has 0 saturated carbocycles. The van der Waals surface area contributed by atoms with Crippen LogP contribution in [0.25, 0.3) is 0 Å². The Morgan fingerprint density at radius 1 is 1.25 bits per heavy atom. The van der Waals surface area contributed by atoms with Gasteiger partial charge in [-0.15, -0.1) is 0 Å². The highest BCUT2D eigenvalue weighted by Crippen LogP contribution is 2.09. The summed E-state index contributed by atoms with van der Waals surface area (Å²) in [4.78, 5) is 33.4. The first-order valence-corrected chi connectivity index (χ1v) is 5.80. The van der Waals surface area contributed by atoms with E-state index in [-0.39, 0.29) is 17.9 Å². The molecule has 1 aromatic carbocycles. The molecule has 7 heteroatoms. The molecule has 20 heavy (non-hydrogen) atoms. The van der Waals surface area contributed by atoms with Gasteiger partial charge in [-0.2, -0.15) is 5.10 Å². The van der Waals surface area contributed by atoms with Crippen LogP contribution in [-0.4, -0.2) is 35.1 Å². The van der Waals surface area contributed by atoms with Crippen LogP contribution in [0.4, 0.5) is 5.69 Å². The first-order chi connectivity index (χ1) is 9.45. The lowest BCUT2D eigenvalue weighted by atomic mass is 10.2. The molecule has 7 nitrogen and oxygen atoms in total. The van der Waals surface area contributed by atoms with Gasteiger partial charge in [-0.1, -0.05) is 0 Å². The lowest BCUT2D eigenvalue weighted by Gasteiger charge is -2.04. The standard InChI is InChI=1S/C13H14N2O5/c1-3-20-13(19)11(8(2)16)15-14-10-6-4-9(5-7-10)12(17)18/h4-7,14H,3H2,1-2H3,(H,17,18). The number of benzene rings is 1. The van der Waals surface area contributed by atoms with E-state index in [4.69, 9.17) is 9.84 Å². The van der Waals surface area contributed by atoms with E-state index in [0.29, 0.717) is 5.69 Å². The lowest BCUT2D eigenvalue weighted by molar-refractivity contribution is -0.135. The van der Waals surface area contributed by atoms with E-state index in [9.17, 15) is 14.4 Å². The Morgan fingerprint density at radius 2 is 1.85 bits per heavy atom. The van der Waals surface area contributed by atoms with E-state index < -0.39 is 17.7 Å². The molecule has 0 saturated heterocycles. The molecular weight excluding hydrogens is 264 g/mol. The van der Waals surface area contributed by atoms with Gasteiger partial charge >= 0.3 is 11.9 Å². The van der Waals surface area contributed by atoms with Crippen LogP contribution in [0.5, 0.6) is 0 Å². The Morgan fingerprint density at radius 3 is 2.30 bits per heavy atom. The first kappa shape index (κ1) is 15.4. The van der Waals surface area contributed by atoms with Crippen LogP contribution >= 0.6 is 0 Å². The molecule has 0 radical (unpaired) electrons. The van der Waals surface area contributed by atoms with E-state index in [0.717, 1.165) is 0 Å². The molecule has 2 N–H and O–H groups in total. The number of esters is 1. The number of Topliss-reactive ketones (excluding diaryl/α,β-unsaturated/α-hetero) is 1. The zero-order valence-electron chi connectivity index (χ0n) is 11.0. The number of nitrogens with one attached hydrogen (secondary N) is 1. The van der Waals surface area contributed by atoms with Crippen molar-refractivity contribution in [3.63, 3.8) is 0 Å². The van der Waals surface area contributed by atoms with Crippen molar-refractivity contribution in [2.45, 2.75) is 13.8 Å². The molecule has 1 aromatic rings. The molecule has 0 fully saturated rings. The number of carboxylic acids is 1. The van der Waals surface area contributed by atoms with Crippen LogP contribution in [0.15, 0.2) is 29.4 Å². The molecule has 0 bridgehead atoms. The number of nitrogens with zero attached hydrogens (tertiary/aromatic N) is 1. The van der Waals surface area contributed by atoms with Crippen molar-refractivity contribution in [1.29, 1.82) is 0 Å². The number of aromatic carboxylic acids is 1. The van der Waals surface area contributed by atoms with Gasteiger partial charge in [0.25, 0.3) is 0 Å². The number of hydrogen-bond donors (Lipinski definition) is 2. The second kappa shape index (κ2) is 7.03. The number of anilines is 1. The summed E-state index contributed by atoms with van der Waals surface area (Å²) in [7, 11) is 0. The average Bonchev–Trinajstić information content (AvgIpc) is 2.39. The molecule has 0 unspecified atom stereocenters. The zero-order valence-corrected chi connectivity index (χ0v) is 11.0. The number of carbonyl (C=O) groups excluding carboxylic acids is 2. The maximum Gasteiger partial charge on any atom is 0.362 e. The van der Waals surface area contributed by atoms with E-state index in [1.54, 1.807) is 6.92 Å². The van der Waals surface area contributed by atoms with Crippen LogP contribution in [-0.2, 0) is 14.3 Å². The molecule has 0 aliphatic heterocycles. The number of carbonyl (C=O) groups is 3. The van der Waals surface area contributed by atoms with Gasteiger partial charge in [-0.25, -0.2) is 9.59 Å². The number of carboxylic acid groups (broad SMARTS) is 1. The maximum absolute atomic E-state index is 11.5. The van der Waals surface area contributed by atoms with Crippen molar-refractivity contribution in [3.8, 4) is 0 Å². The van der Waals surface area contributed by atoms with Gasteiger partial charge in [0.2, 0.25) is 5.71 Å². The topological polar surface area (TPSA) is 105 Å². The van der Waals surface area contributed by atoms with E-state index in [1.807, 2.05) is 0 Å². The molecule has 0 amide bonds. The average molecular weight is 278 g/mol. The molecule has 0 heterocycles. The molecule has 0 aliphatic carbocycles. The fourth-order valence-electron chi connectivity index (χ4n) is 1.28. The third-order valence-electron chi connectivity index (χ3n) is 2.23. The Bertz CT molecular complexity index is 548. The van der Waals surface area contributed by atoms with Gasteiger partial charge in [0, 0.05) is 6.92 Å². The van der Waals surface area contributed by atoms with Crippen LogP contribution in [0.2, 0.25) is 0 Å². The molecule has 106 valence electrons. The van der Waals surface area contributed by atoms with E-state index in [2.05, 4.69) is 10.5 Å². The number of rotatable bonds is 6. The highest BCUT2D eigenvalue weighted by atomic mass is 16.5. The third-order valence-corrected chi connectivity index (χ3v) is 2.23. The number of ether oxygens (including phenoxy) is 1. The molecule has 1 rings (SSSR count). The van der Waals surface area contributed by atoms with Crippen molar-refractivity contribution >= 4 is 29.1 Å². The minimum atomic E-state index is -1.05. The highest BCUT2D eigenvalue weighted by Gasteiger charge is 2.17. The smallest absolute Gasteiger partial charge is 0.362 e. The summed E-state index contributed by atoms with van der Waals surface area (Å²) in [6.07, 6.45) is 0. The van der Waals surface area contributed by atoms with Gasteiger partial charge in [0.05, 0.1) is 17.9 Å². The minimum Gasteiger partial charge on any atom is -0.478 e. The number of hydrazone groups is 1. The van der Waals surface area contributed by atoms with Crippen LogP contribution < -0.4 is 5.43 Å². The highest BCUT2D eigenvalue weighted by molar-refractivity contribution is 6.64. The Kier molecular flexibility index (Phi) is 5.40. The normalized spacial score (nSPS) is 10.8. The minimum absolute atomic E-state index is 0.122. The largest absolute Gasteiger partial charge is 0.478 e. The van der Waals surface area contributed by atoms with Gasteiger partial charge in [-0.3, -0.25) is 10.2 Å². The first-order valence-electron chi connectivity index (χ1n) is 5.80. The van der Waals surface area contributed by atoms with Crippen molar-refractivity contribution in [2.24, 2.45) is 5.10 Å². The second-order valence-corrected chi connectivity index (χ2v) is 3.73. The third kappa shape index (κ3) is 4.20. The summed E-state index contributed by atoms with van der Waals surface area (Å²) >= 11 is 0. The predicted molar refractivity (Wildman–Crippen MR) is 71.8 cm³/mol. The van der Waals surface area contributed by atoms with Crippen molar-refractivity contribution in [2.75, 3.05) is 12.0 Å². The maximum atomic E-state index is 11.5. The predicted octanol–water partition coefficient (Wildman–Crippen LogP) is 1.30. The summed E-state index contributed by atoms with van der Waals surface area (Å²) in [5.74, 6) is -2.39. The quantitative estimate of drug-likeness (QED) is 0.352. The lowest BCUT2D eigenvalue weighted by Crippen LogP contribution is -2.25. The summed E-state index contributed by atoms with van der Waals surface area (Å²) in [5, 5.41) is 12.4. The summed E-state index contributed by atoms with van der Waals surface area (Å²) < 4.78 is 4.70. The van der Waals surface area contributed by atoms with Crippen molar-refractivity contribution in [1.82, 2.24) is 0 Å². The fourth-order valence-corrected chi connectivity index (χ4v) is 1.28. The van der Waals surface area contributed by atoms with Crippen LogP contribution in [0.1, 0.15) is 24.2 Å². The summed E-state index contributed by atoms with van der Waals surface area (Å²) in [6.45, 7) is 2.96. The van der Waals surface area contributed by atoms with E-state index >= 15 is 0 Å². The number of ketones is 1. The molecule has 0 aromatic heterocycles. The second-order valence-electron chi connectivity index (χ2n) is 3.73. The van der Waals surface area contributed by atoms with Gasteiger partial charge in [0.1, 0.15) is 0 Å². The summed E-state index contributed by atoms with van der Waals surface area (Å²) in [5.41, 5.74) is 2.72. The van der Waals surface area contributed by atoms with Crippen LogP contribution in [0.3, 0.4) is 0 Å². The van der Waals surface area contributed by atoms with E-state index in [1.165, 1.54) is 31.2 Å². The van der Waals surface area contributed by atoms with Crippen molar-refractivity contribution < 1.29 is 24.2 Å². The molecule has 0 atom stereocenters. The van der Waals surface area contributed by atoms with Crippen LogP contribution in [0, 0.1) is 0 Å². The molecule has 0 aliphatic rings. The van der Waals surface area contributed by atoms with Gasteiger partial charge in [0.15, 0.2) is 5.78 Å². The molecular formula is C13H14N2O5. The Labute approximate surface area is 115 Å². The van der Waals surface area contributed by atoms with Gasteiger partial charge in [-0.05, 0) is 31.2 Å². The van der Waals surface area contributed by atoms with Gasteiger partial charge < -0.3 is 9.84 Å². The fraction of sp³-hybridized carbons (Fsp3) is 0.231. The zero-order chi connectivity index (χ0) is 15.1.